The first kappa shape index (κ1) is 15.3. The summed E-state index contributed by atoms with van der Waals surface area (Å²) >= 11 is 5.83. The molecule has 0 aliphatic rings. The third-order valence-corrected chi connectivity index (χ3v) is 3.71. The molecule has 1 amide bonds. The molecule has 0 aliphatic heterocycles. The number of pyridine rings is 1. The molecule has 0 bridgehead atoms. The van der Waals surface area contributed by atoms with Crippen LogP contribution in [0.15, 0.2) is 60.9 Å². The zero-order valence-electron chi connectivity index (χ0n) is 12.3. The minimum Gasteiger partial charge on any atom is -0.449 e. The predicted octanol–water partition coefficient (Wildman–Crippen LogP) is 4.68. The zero-order chi connectivity index (χ0) is 16.1. The Hall–Kier alpha value is -2.59. The zero-order valence-corrected chi connectivity index (χ0v) is 13.1. The summed E-state index contributed by atoms with van der Waals surface area (Å²) in [7, 11) is 0. The molecule has 1 N–H and O–H groups in total. The van der Waals surface area contributed by atoms with Gasteiger partial charge in [0, 0.05) is 34.6 Å². The number of nitrogens with one attached hydrogen (secondary N) is 1. The van der Waals surface area contributed by atoms with Crippen molar-refractivity contribution in [1.82, 2.24) is 4.98 Å². The maximum Gasteiger partial charge on any atom is 0.411 e. The summed E-state index contributed by atoms with van der Waals surface area (Å²) in [5.41, 5.74) is 1.78. The number of anilines is 1. The van der Waals surface area contributed by atoms with Gasteiger partial charge in [0.05, 0.1) is 12.3 Å². The molecule has 3 rings (SSSR count). The Balaban J connectivity index is 1.57. The van der Waals surface area contributed by atoms with Crippen LogP contribution in [0.25, 0.3) is 10.8 Å². The Morgan fingerprint density at radius 2 is 1.96 bits per heavy atom. The third kappa shape index (κ3) is 3.99. The first-order valence-electron chi connectivity index (χ1n) is 7.23. The molecule has 0 unspecified atom stereocenters. The van der Waals surface area contributed by atoms with Crippen LogP contribution in [0.5, 0.6) is 0 Å². The Kier molecular flexibility index (Phi) is 4.74. The molecule has 0 fully saturated rings. The second-order valence-corrected chi connectivity index (χ2v) is 5.48. The highest BCUT2D eigenvalue weighted by atomic mass is 35.5. The molecule has 4 nitrogen and oxygen atoms in total. The van der Waals surface area contributed by atoms with Crippen LogP contribution in [0, 0.1) is 0 Å². The average Bonchev–Trinajstić information content (AvgIpc) is 2.57. The Labute approximate surface area is 139 Å². The van der Waals surface area contributed by atoms with Gasteiger partial charge in [-0.3, -0.25) is 10.3 Å². The maximum absolute atomic E-state index is 11.9. The van der Waals surface area contributed by atoms with Gasteiger partial charge in [0.2, 0.25) is 0 Å². The van der Waals surface area contributed by atoms with Crippen molar-refractivity contribution in [3.63, 3.8) is 0 Å². The molecule has 0 saturated heterocycles. The molecule has 0 spiro atoms. The number of nitrogens with zero attached hydrogens (tertiary/aromatic N) is 1. The lowest BCUT2D eigenvalue weighted by molar-refractivity contribution is 0.163. The van der Waals surface area contributed by atoms with Gasteiger partial charge in [-0.1, -0.05) is 35.9 Å². The third-order valence-electron chi connectivity index (χ3n) is 3.45. The van der Waals surface area contributed by atoms with Crippen LogP contribution in [0.3, 0.4) is 0 Å². The van der Waals surface area contributed by atoms with Crippen molar-refractivity contribution in [3.05, 3.63) is 71.5 Å². The van der Waals surface area contributed by atoms with Crippen molar-refractivity contribution in [2.75, 3.05) is 11.9 Å². The van der Waals surface area contributed by atoms with E-state index in [9.17, 15) is 4.79 Å². The molecule has 1 heterocycles. The summed E-state index contributed by atoms with van der Waals surface area (Å²) in [5.74, 6) is 0. The van der Waals surface area contributed by atoms with Gasteiger partial charge in [0.15, 0.2) is 0 Å². The SMILES string of the molecule is O=C(Nc1cccc2cnccc12)OCCc1ccc(Cl)cc1. The first-order valence-corrected chi connectivity index (χ1v) is 7.61. The van der Waals surface area contributed by atoms with Crippen LogP contribution in [0.2, 0.25) is 5.02 Å². The van der Waals surface area contributed by atoms with Gasteiger partial charge in [-0.2, -0.15) is 0 Å². The standard InChI is InChI=1S/C18H15ClN2O2/c19-15-6-4-13(5-7-15)9-11-23-18(22)21-17-3-1-2-14-12-20-10-8-16(14)17/h1-8,10,12H,9,11H2,(H,21,22). The van der Waals surface area contributed by atoms with Crippen LogP contribution in [0.1, 0.15) is 5.56 Å². The molecular formula is C18H15ClN2O2. The van der Waals surface area contributed by atoms with Crippen LogP contribution in [-0.4, -0.2) is 17.7 Å². The van der Waals surface area contributed by atoms with Crippen molar-refractivity contribution in [1.29, 1.82) is 0 Å². The minimum atomic E-state index is -0.469. The normalized spacial score (nSPS) is 10.5. The number of carbonyl (C=O) groups is 1. The van der Waals surface area contributed by atoms with Gasteiger partial charge in [0.25, 0.3) is 0 Å². The summed E-state index contributed by atoms with van der Waals surface area (Å²) in [6.45, 7) is 0.305. The highest BCUT2D eigenvalue weighted by molar-refractivity contribution is 6.30. The monoisotopic (exact) mass is 326 g/mol. The summed E-state index contributed by atoms with van der Waals surface area (Å²) < 4.78 is 5.23. The van der Waals surface area contributed by atoms with E-state index in [-0.39, 0.29) is 0 Å². The topological polar surface area (TPSA) is 51.2 Å². The Morgan fingerprint density at radius 1 is 1.13 bits per heavy atom. The van der Waals surface area contributed by atoms with Crippen LogP contribution in [0.4, 0.5) is 10.5 Å². The van der Waals surface area contributed by atoms with Gasteiger partial charge in [-0.15, -0.1) is 0 Å². The molecule has 23 heavy (non-hydrogen) atoms. The van der Waals surface area contributed by atoms with E-state index < -0.39 is 6.09 Å². The van der Waals surface area contributed by atoms with Crippen LogP contribution < -0.4 is 5.32 Å². The highest BCUT2D eigenvalue weighted by Crippen LogP contribution is 2.22. The van der Waals surface area contributed by atoms with E-state index in [1.807, 2.05) is 48.5 Å². The van der Waals surface area contributed by atoms with E-state index in [4.69, 9.17) is 16.3 Å². The maximum atomic E-state index is 11.9. The molecule has 0 aliphatic carbocycles. The van der Waals surface area contributed by atoms with Gasteiger partial charge >= 0.3 is 6.09 Å². The number of hydrogen-bond donors (Lipinski definition) is 1. The molecular weight excluding hydrogens is 312 g/mol. The highest BCUT2D eigenvalue weighted by Gasteiger charge is 2.06. The Bertz CT molecular complexity index is 813. The minimum absolute atomic E-state index is 0.305. The second-order valence-electron chi connectivity index (χ2n) is 5.04. The lowest BCUT2D eigenvalue weighted by atomic mass is 10.1. The van der Waals surface area contributed by atoms with Gasteiger partial charge < -0.3 is 4.74 Å². The lowest BCUT2D eigenvalue weighted by Crippen LogP contribution is -2.15. The molecule has 0 atom stereocenters. The first-order chi connectivity index (χ1) is 11.2. The number of aromatic nitrogens is 1. The number of rotatable bonds is 4. The smallest absolute Gasteiger partial charge is 0.411 e. The molecule has 3 aromatic rings. The van der Waals surface area contributed by atoms with Gasteiger partial charge in [-0.05, 0) is 29.8 Å². The van der Waals surface area contributed by atoms with Crippen molar-refractivity contribution in [2.45, 2.75) is 6.42 Å². The van der Waals surface area contributed by atoms with Crippen molar-refractivity contribution < 1.29 is 9.53 Å². The fraction of sp³-hybridized carbons (Fsp3) is 0.111. The van der Waals surface area contributed by atoms with Crippen molar-refractivity contribution in [2.24, 2.45) is 0 Å². The number of carbonyl (C=O) groups excluding carboxylic acids is 1. The fourth-order valence-corrected chi connectivity index (χ4v) is 2.42. The fourth-order valence-electron chi connectivity index (χ4n) is 2.29. The predicted molar refractivity (Wildman–Crippen MR) is 91.9 cm³/mol. The number of benzene rings is 2. The summed E-state index contributed by atoms with van der Waals surface area (Å²) in [5, 5.41) is 5.35. The number of halogens is 1. The summed E-state index contributed by atoms with van der Waals surface area (Å²) in [4.78, 5) is 16.0. The number of fused-ring (bicyclic) bond motifs is 1. The van der Waals surface area contributed by atoms with Gasteiger partial charge in [0.1, 0.15) is 0 Å². The van der Waals surface area contributed by atoms with E-state index in [1.54, 1.807) is 12.4 Å². The molecule has 0 saturated carbocycles. The van der Waals surface area contributed by atoms with Gasteiger partial charge in [-0.25, -0.2) is 4.79 Å². The second kappa shape index (κ2) is 7.11. The average molecular weight is 327 g/mol. The number of ether oxygens (including phenoxy) is 1. The number of hydrogen-bond acceptors (Lipinski definition) is 3. The van der Waals surface area contributed by atoms with Crippen LogP contribution >= 0.6 is 11.6 Å². The van der Waals surface area contributed by atoms with E-state index in [0.29, 0.717) is 23.7 Å². The largest absolute Gasteiger partial charge is 0.449 e. The molecule has 5 heteroatoms. The molecule has 1 aromatic heterocycles. The van der Waals surface area contributed by atoms with E-state index >= 15 is 0 Å². The number of amides is 1. The van der Waals surface area contributed by atoms with E-state index in [0.717, 1.165) is 16.3 Å². The van der Waals surface area contributed by atoms with Crippen molar-refractivity contribution >= 4 is 34.2 Å². The van der Waals surface area contributed by atoms with E-state index in [2.05, 4.69) is 10.3 Å². The quantitative estimate of drug-likeness (QED) is 0.757. The van der Waals surface area contributed by atoms with E-state index in [1.165, 1.54) is 0 Å². The summed E-state index contributed by atoms with van der Waals surface area (Å²) in [6, 6.07) is 15.0. The van der Waals surface area contributed by atoms with Crippen LogP contribution in [-0.2, 0) is 11.2 Å². The molecule has 116 valence electrons. The lowest BCUT2D eigenvalue weighted by Gasteiger charge is -2.09. The van der Waals surface area contributed by atoms with Crippen molar-refractivity contribution in [3.8, 4) is 0 Å². The summed E-state index contributed by atoms with van der Waals surface area (Å²) in [6.07, 6.45) is 3.62. The Morgan fingerprint density at radius 3 is 2.78 bits per heavy atom. The molecule has 2 aromatic carbocycles. The molecule has 0 radical (unpaired) electrons.